The zero-order chi connectivity index (χ0) is 18.1. The molecule has 1 amide bonds. The van der Waals surface area contributed by atoms with Crippen molar-refractivity contribution >= 4 is 40.4 Å². The highest BCUT2D eigenvalue weighted by atomic mass is 32.2. The van der Waals surface area contributed by atoms with E-state index in [9.17, 15) is 4.79 Å². The third-order valence-corrected chi connectivity index (χ3v) is 4.95. The van der Waals surface area contributed by atoms with Crippen LogP contribution < -0.4 is 4.74 Å². The molecule has 2 aromatic carbocycles. The lowest BCUT2D eigenvalue weighted by molar-refractivity contribution is -0.114. The highest BCUT2D eigenvalue weighted by Gasteiger charge is 2.36. The van der Waals surface area contributed by atoms with E-state index in [0.717, 1.165) is 16.8 Å². The van der Waals surface area contributed by atoms with Crippen molar-refractivity contribution in [1.29, 1.82) is 5.41 Å². The molecule has 0 fully saturated rings. The second-order valence-electron chi connectivity index (χ2n) is 5.67. The van der Waals surface area contributed by atoms with Gasteiger partial charge >= 0.3 is 0 Å². The number of nitrogens with one attached hydrogen (secondary N) is 1. The number of hydrogen-bond acceptors (Lipinski definition) is 4. The number of para-hydroxylation sites is 1. The minimum atomic E-state index is -0.414. The summed E-state index contributed by atoms with van der Waals surface area (Å²) >= 11 is 1.35. The number of carbonyl (C=O) groups is 1. The Balaban J connectivity index is 1.76. The summed E-state index contributed by atoms with van der Waals surface area (Å²) < 4.78 is 5.34. The molecule has 0 aliphatic carbocycles. The maximum Gasteiger partial charge on any atom is 0.283 e. The number of aliphatic imine (C=N–C) groups is 1. The van der Waals surface area contributed by atoms with Gasteiger partial charge in [0.15, 0.2) is 5.17 Å². The van der Waals surface area contributed by atoms with Gasteiger partial charge in [-0.1, -0.05) is 60.3 Å². The SMILES string of the molecule is COc1ccccc1C=C1C(=N)N2C(c3ccccc3)=CSC2=NC1=O. The number of nitrogens with zero attached hydrogens (tertiary/aromatic N) is 2. The normalized spacial score (nSPS) is 17.9. The van der Waals surface area contributed by atoms with E-state index >= 15 is 0 Å². The molecule has 2 aliphatic heterocycles. The third-order valence-electron chi connectivity index (χ3n) is 4.12. The first-order chi connectivity index (χ1) is 12.7. The molecule has 0 unspecified atom stereocenters. The van der Waals surface area contributed by atoms with Gasteiger partial charge in [0.1, 0.15) is 11.6 Å². The molecule has 2 aliphatic rings. The number of rotatable bonds is 3. The first-order valence-corrected chi connectivity index (χ1v) is 8.86. The molecule has 0 saturated heterocycles. The number of amidine groups is 2. The van der Waals surface area contributed by atoms with Gasteiger partial charge in [0, 0.05) is 11.0 Å². The lowest BCUT2D eigenvalue weighted by Crippen LogP contribution is -2.38. The van der Waals surface area contributed by atoms with Crippen LogP contribution >= 0.6 is 11.8 Å². The average molecular weight is 361 g/mol. The van der Waals surface area contributed by atoms with Crippen LogP contribution in [0.25, 0.3) is 11.8 Å². The van der Waals surface area contributed by atoms with Crippen LogP contribution in [0.4, 0.5) is 0 Å². The van der Waals surface area contributed by atoms with Crippen LogP contribution in [0, 0.1) is 5.41 Å². The summed E-state index contributed by atoms with van der Waals surface area (Å²) in [4.78, 5) is 18.4. The third kappa shape index (κ3) is 2.74. The Kier molecular flexibility index (Phi) is 4.18. The van der Waals surface area contributed by atoms with E-state index in [1.54, 1.807) is 18.1 Å². The first-order valence-electron chi connectivity index (χ1n) is 7.98. The quantitative estimate of drug-likeness (QED) is 0.839. The lowest BCUT2D eigenvalue weighted by atomic mass is 10.1. The van der Waals surface area contributed by atoms with Gasteiger partial charge in [-0.2, -0.15) is 4.99 Å². The number of fused-ring (bicyclic) bond motifs is 1. The molecule has 0 atom stereocenters. The fraction of sp³-hybridized carbons (Fsp3) is 0.0500. The van der Waals surface area contributed by atoms with Crippen LogP contribution in [0.15, 0.2) is 70.6 Å². The van der Waals surface area contributed by atoms with Crippen LogP contribution in [0.1, 0.15) is 11.1 Å². The first kappa shape index (κ1) is 16.4. The van der Waals surface area contributed by atoms with E-state index in [2.05, 4.69) is 4.99 Å². The van der Waals surface area contributed by atoms with Gasteiger partial charge in [0.25, 0.3) is 5.91 Å². The molecule has 128 valence electrons. The van der Waals surface area contributed by atoms with Crippen LogP contribution in [0.2, 0.25) is 0 Å². The Hall–Kier alpha value is -3.12. The molecule has 0 radical (unpaired) electrons. The maximum absolute atomic E-state index is 12.5. The molecule has 4 rings (SSSR count). The molecule has 2 heterocycles. The summed E-state index contributed by atoms with van der Waals surface area (Å²) in [6.07, 6.45) is 1.66. The number of benzene rings is 2. The molecule has 1 N–H and O–H groups in total. The fourth-order valence-corrected chi connectivity index (χ4v) is 3.74. The highest BCUT2D eigenvalue weighted by Crippen LogP contribution is 2.37. The van der Waals surface area contributed by atoms with Crippen molar-refractivity contribution in [1.82, 2.24) is 4.90 Å². The Morgan fingerprint density at radius 1 is 1.12 bits per heavy atom. The smallest absolute Gasteiger partial charge is 0.283 e. The van der Waals surface area contributed by atoms with E-state index in [4.69, 9.17) is 10.1 Å². The lowest BCUT2D eigenvalue weighted by Gasteiger charge is -2.27. The molecule has 26 heavy (non-hydrogen) atoms. The zero-order valence-electron chi connectivity index (χ0n) is 14.0. The zero-order valence-corrected chi connectivity index (χ0v) is 14.8. The molecule has 0 saturated carbocycles. The van der Waals surface area contributed by atoms with Crippen molar-refractivity contribution in [3.05, 3.63) is 76.7 Å². The van der Waals surface area contributed by atoms with E-state index in [1.165, 1.54) is 11.8 Å². The van der Waals surface area contributed by atoms with Crippen molar-refractivity contribution in [3.8, 4) is 5.75 Å². The van der Waals surface area contributed by atoms with E-state index in [1.807, 2.05) is 60.0 Å². The van der Waals surface area contributed by atoms with Gasteiger partial charge < -0.3 is 4.74 Å². The van der Waals surface area contributed by atoms with Crippen LogP contribution in [-0.4, -0.2) is 28.9 Å². The number of carbonyl (C=O) groups excluding carboxylic acids is 1. The van der Waals surface area contributed by atoms with Crippen LogP contribution in [0.3, 0.4) is 0 Å². The van der Waals surface area contributed by atoms with Gasteiger partial charge in [-0.25, -0.2) is 0 Å². The van der Waals surface area contributed by atoms with Crippen molar-refractivity contribution in [3.63, 3.8) is 0 Å². The topological polar surface area (TPSA) is 65.8 Å². The summed E-state index contributed by atoms with van der Waals surface area (Å²) in [6.45, 7) is 0. The molecule has 2 aromatic rings. The molecular weight excluding hydrogens is 346 g/mol. The number of hydrogen-bond donors (Lipinski definition) is 1. The minimum Gasteiger partial charge on any atom is -0.496 e. The molecule has 0 aromatic heterocycles. The molecule has 6 heteroatoms. The predicted molar refractivity (Wildman–Crippen MR) is 105 cm³/mol. The standard InChI is InChI=1S/C20H15N3O2S/c1-25-17-10-6-5-9-14(17)11-15-18(21)23-16(13-7-3-2-4-8-13)12-26-20(23)22-19(15)24/h2-12,21H,1H3. The second kappa shape index (κ2) is 6.65. The van der Waals surface area contributed by atoms with Gasteiger partial charge in [0.2, 0.25) is 0 Å². The van der Waals surface area contributed by atoms with Crippen LogP contribution in [0.5, 0.6) is 5.75 Å². The van der Waals surface area contributed by atoms with E-state index < -0.39 is 5.91 Å². The summed E-state index contributed by atoms with van der Waals surface area (Å²) in [6, 6.07) is 17.2. The summed E-state index contributed by atoms with van der Waals surface area (Å²) in [5, 5.41) is 11.1. The number of methoxy groups -OCH3 is 1. The number of amides is 1. The Labute approximate surface area is 155 Å². The Morgan fingerprint density at radius 2 is 1.85 bits per heavy atom. The maximum atomic E-state index is 12.5. The molecule has 5 nitrogen and oxygen atoms in total. The monoisotopic (exact) mass is 361 g/mol. The molecular formula is C20H15N3O2S. The van der Waals surface area contributed by atoms with Crippen molar-refractivity contribution in [2.24, 2.45) is 4.99 Å². The summed E-state index contributed by atoms with van der Waals surface area (Å²) in [5.74, 6) is 0.346. The number of ether oxygens (including phenoxy) is 1. The molecule has 0 bridgehead atoms. The fourth-order valence-electron chi connectivity index (χ4n) is 2.86. The minimum absolute atomic E-state index is 0.117. The average Bonchev–Trinajstić information content (AvgIpc) is 3.10. The van der Waals surface area contributed by atoms with Gasteiger partial charge in [-0.05, 0) is 17.7 Å². The van der Waals surface area contributed by atoms with Gasteiger partial charge in [0.05, 0.1) is 18.4 Å². The van der Waals surface area contributed by atoms with Gasteiger partial charge in [-0.15, -0.1) is 0 Å². The van der Waals surface area contributed by atoms with Gasteiger partial charge in [-0.3, -0.25) is 15.1 Å². The van der Waals surface area contributed by atoms with E-state index in [-0.39, 0.29) is 11.4 Å². The van der Waals surface area contributed by atoms with E-state index in [0.29, 0.717) is 10.9 Å². The summed E-state index contributed by atoms with van der Waals surface area (Å²) in [5.41, 5.74) is 2.79. The highest BCUT2D eigenvalue weighted by molar-refractivity contribution is 8.17. The van der Waals surface area contributed by atoms with Crippen molar-refractivity contribution in [2.45, 2.75) is 0 Å². The largest absolute Gasteiger partial charge is 0.496 e. The Bertz CT molecular complexity index is 993. The summed E-state index contributed by atoms with van der Waals surface area (Å²) in [7, 11) is 1.58. The van der Waals surface area contributed by atoms with Crippen molar-refractivity contribution < 1.29 is 9.53 Å². The second-order valence-corrected chi connectivity index (χ2v) is 6.51. The number of thioether (sulfide) groups is 1. The van der Waals surface area contributed by atoms with Crippen molar-refractivity contribution in [2.75, 3.05) is 7.11 Å². The molecule has 0 spiro atoms. The predicted octanol–water partition coefficient (Wildman–Crippen LogP) is 4.00. The van der Waals surface area contributed by atoms with Crippen LogP contribution in [-0.2, 0) is 4.79 Å². The Morgan fingerprint density at radius 3 is 2.62 bits per heavy atom.